The molecule has 3 nitrogen and oxygen atoms in total. The monoisotopic (exact) mass is 187 g/mol. The van der Waals surface area contributed by atoms with Crippen molar-refractivity contribution in [2.45, 2.75) is 13.3 Å². The van der Waals surface area contributed by atoms with Crippen molar-refractivity contribution < 1.29 is 0 Å². The zero-order valence-corrected chi connectivity index (χ0v) is 9.64. The fraction of sp³-hybridized carbons (Fsp3) is 1.00. The van der Waals surface area contributed by atoms with Gasteiger partial charge in [-0.3, -0.25) is 0 Å². The van der Waals surface area contributed by atoms with Crippen molar-refractivity contribution in [3.63, 3.8) is 0 Å². The molecule has 0 aliphatic heterocycles. The van der Waals surface area contributed by atoms with Crippen LogP contribution in [-0.2, 0) is 0 Å². The van der Waals surface area contributed by atoms with Crippen LogP contribution in [0.3, 0.4) is 0 Å². The van der Waals surface area contributed by atoms with E-state index in [1.807, 2.05) is 0 Å². The van der Waals surface area contributed by atoms with Crippen LogP contribution in [0.15, 0.2) is 0 Å². The Morgan fingerprint density at radius 2 is 1.69 bits per heavy atom. The summed E-state index contributed by atoms with van der Waals surface area (Å²) in [6, 6.07) is 0. The molecule has 80 valence electrons. The highest BCUT2D eigenvalue weighted by atomic mass is 15.1. The number of likely N-dealkylation sites (N-methyl/N-ethyl adjacent to an activating group) is 2. The molecule has 0 rings (SSSR count). The first-order chi connectivity index (χ1) is 6.16. The van der Waals surface area contributed by atoms with Crippen LogP contribution in [0.5, 0.6) is 0 Å². The summed E-state index contributed by atoms with van der Waals surface area (Å²) < 4.78 is 0. The van der Waals surface area contributed by atoms with Gasteiger partial charge in [0.05, 0.1) is 0 Å². The van der Waals surface area contributed by atoms with Gasteiger partial charge in [-0.1, -0.05) is 6.92 Å². The molecule has 0 saturated heterocycles. The van der Waals surface area contributed by atoms with Gasteiger partial charge < -0.3 is 15.1 Å². The molecule has 0 fully saturated rings. The van der Waals surface area contributed by atoms with Gasteiger partial charge in [0.15, 0.2) is 0 Å². The van der Waals surface area contributed by atoms with E-state index >= 15 is 0 Å². The second-order valence-electron chi connectivity index (χ2n) is 3.81. The Labute approximate surface area is 83.1 Å². The second-order valence-corrected chi connectivity index (χ2v) is 3.81. The zero-order valence-electron chi connectivity index (χ0n) is 9.64. The summed E-state index contributed by atoms with van der Waals surface area (Å²) in [5.41, 5.74) is 0. The summed E-state index contributed by atoms with van der Waals surface area (Å²) in [7, 11) is 6.43. The lowest BCUT2D eigenvalue weighted by molar-refractivity contribution is 0.300. The highest BCUT2D eigenvalue weighted by Gasteiger charge is 1.97. The van der Waals surface area contributed by atoms with Gasteiger partial charge in [0, 0.05) is 13.1 Å². The third kappa shape index (κ3) is 9.80. The van der Waals surface area contributed by atoms with Crippen LogP contribution in [0.25, 0.3) is 0 Å². The average molecular weight is 187 g/mol. The van der Waals surface area contributed by atoms with Crippen LogP contribution < -0.4 is 5.32 Å². The van der Waals surface area contributed by atoms with Crippen LogP contribution in [0, 0.1) is 0 Å². The maximum atomic E-state index is 3.33. The van der Waals surface area contributed by atoms with Crippen molar-refractivity contribution in [3.8, 4) is 0 Å². The predicted molar refractivity (Wildman–Crippen MR) is 59.2 cm³/mol. The standard InChI is InChI=1S/C10H25N3/c1-5-11-7-10-13(4)9-6-8-12(2)3/h11H,5-10H2,1-4H3. The van der Waals surface area contributed by atoms with Crippen LogP contribution in [0.1, 0.15) is 13.3 Å². The maximum absolute atomic E-state index is 3.33. The fourth-order valence-corrected chi connectivity index (χ4v) is 1.22. The van der Waals surface area contributed by atoms with Crippen LogP contribution in [0.4, 0.5) is 0 Å². The lowest BCUT2D eigenvalue weighted by Crippen LogP contribution is -2.31. The topological polar surface area (TPSA) is 18.5 Å². The summed E-state index contributed by atoms with van der Waals surface area (Å²) in [4.78, 5) is 4.62. The molecule has 0 amide bonds. The normalized spacial score (nSPS) is 11.5. The van der Waals surface area contributed by atoms with E-state index < -0.39 is 0 Å². The van der Waals surface area contributed by atoms with Crippen LogP contribution in [0.2, 0.25) is 0 Å². The second kappa shape index (κ2) is 8.48. The van der Waals surface area contributed by atoms with Gasteiger partial charge in [-0.05, 0) is 47.2 Å². The average Bonchev–Trinajstić information content (AvgIpc) is 2.04. The molecule has 1 N–H and O–H groups in total. The molecule has 0 aliphatic carbocycles. The van der Waals surface area contributed by atoms with E-state index in [0.717, 1.165) is 19.6 Å². The van der Waals surface area contributed by atoms with Crippen molar-refractivity contribution in [3.05, 3.63) is 0 Å². The SMILES string of the molecule is CCNCCN(C)CCCN(C)C. The summed E-state index contributed by atoms with van der Waals surface area (Å²) in [5, 5.41) is 3.33. The third-order valence-electron chi connectivity index (χ3n) is 2.07. The van der Waals surface area contributed by atoms with Gasteiger partial charge >= 0.3 is 0 Å². The van der Waals surface area contributed by atoms with Crippen molar-refractivity contribution >= 4 is 0 Å². The van der Waals surface area contributed by atoms with Crippen molar-refractivity contribution in [1.29, 1.82) is 0 Å². The van der Waals surface area contributed by atoms with Crippen LogP contribution in [-0.4, -0.2) is 63.7 Å². The molecule has 0 atom stereocenters. The van der Waals surface area contributed by atoms with Crippen molar-refractivity contribution in [2.24, 2.45) is 0 Å². The molecule has 13 heavy (non-hydrogen) atoms. The Morgan fingerprint density at radius 3 is 2.23 bits per heavy atom. The van der Waals surface area contributed by atoms with E-state index in [-0.39, 0.29) is 0 Å². The zero-order chi connectivity index (χ0) is 10.1. The van der Waals surface area contributed by atoms with Gasteiger partial charge in [-0.2, -0.15) is 0 Å². The molecule has 0 bridgehead atoms. The minimum Gasteiger partial charge on any atom is -0.316 e. The first kappa shape index (κ1) is 12.9. The quantitative estimate of drug-likeness (QED) is 0.558. The number of nitrogens with one attached hydrogen (secondary N) is 1. The minimum absolute atomic E-state index is 1.07. The first-order valence-corrected chi connectivity index (χ1v) is 5.20. The molecule has 0 heterocycles. The summed E-state index contributed by atoms with van der Waals surface area (Å²) in [5.74, 6) is 0. The molecule has 0 spiro atoms. The van der Waals surface area contributed by atoms with E-state index in [4.69, 9.17) is 0 Å². The molecular formula is C10H25N3. The highest BCUT2D eigenvalue weighted by Crippen LogP contribution is 1.88. The molecule has 0 saturated carbocycles. The first-order valence-electron chi connectivity index (χ1n) is 5.20. The summed E-state index contributed by atoms with van der Waals surface area (Å²) >= 11 is 0. The fourth-order valence-electron chi connectivity index (χ4n) is 1.22. The molecule has 0 aromatic heterocycles. The smallest absolute Gasteiger partial charge is 0.0104 e. The van der Waals surface area contributed by atoms with E-state index in [2.05, 4.69) is 43.2 Å². The third-order valence-corrected chi connectivity index (χ3v) is 2.07. The van der Waals surface area contributed by atoms with Crippen LogP contribution >= 0.6 is 0 Å². The van der Waals surface area contributed by atoms with E-state index in [9.17, 15) is 0 Å². The van der Waals surface area contributed by atoms with Crippen molar-refractivity contribution in [1.82, 2.24) is 15.1 Å². The summed E-state index contributed by atoms with van der Waals surface area (Å²) in [6.45, 7) is 7.86. The van der Waals surface area contributed by atoms with E-state index in [0.29, 0.717) is 0 Å². The maximum Gasteiger partial charge on any atom is 0.0104 e. The Morgan fingerprint density at radius 1 is 1.00 bits per heavy atom. The van der Waals surface area contributed by atoms with Gasteiger partial charge in [-0.15, -0.1) is 0 Å². The molecule has 0 unspecified atom stereocenters. The van der Waals surface area contributed by atoms with Gasteiger partial charge in [0.25, 0.3) is 0 Å². The van der Waals surface area contributed by atoms with E-state index in [1.54, 1.807) is 0 Å². The molecule has 0 aromatic rings. The van der Waals surface area contributed by atoms with Gasteiger partial charge in [0.1, 0.15) is 0 Å². The number of hydrogen-bond acceptors (Lipinski definition) is 3. The van der Waals surface area contributed by atoms with Gasteiger partial charge in [0.2, 0.25) is 0 Å². The molecular weight excluding hydrogens is 162 g/mol. The minimum atomic E-state index is 1.07. The lowest BCUT2D eigenvalue weighted by Gasteiger charge is -2.17. The molecule has 0 radical (unpaired) electrons. The van der Waals surface area contributed by atoms with E-state index in [1.165, 1.54) is 19.5 Å². The Bertz CT molecular complexity index is 104. The Balaban J connectivity index is 3.15. The van der Waals surface area contributed by atoms with Crippen molar-refractivity contribution in [2.75, 3.05) is 53.9 Å². The number of rotatable bonds is 8. The number of nitrogens with zero attached hydrogens (tertiary/aromatic N) is 2. The Hall–Kier alpha value is -0.120. The predicted octanol–water partition coefficient (Wildman–Crippen LogP) is 0.479. The molecule has 0 aliphatic rings. The molecule has 0 aromatic carbocycles. The summed E-state index contributed by atoms with van der Waals surface area (Å²) in [6.07, 6.45) is 1.26. The van der Waals surface area contributed by atoms with Gasteiger partial charge in [-0.25, -0.2) is 0 Å². The molecule has 3 heteroatoms. The highest BCUT2D eigenvalue weighted by molar-refractivity contribution is 4.55. The lowest BCUT2D eigenvalue weighted by atomic mass is 10.3. The largest absolute Gasteiger partial charge is 0.316 e. The Kier molecular flexibility index (Phi) is 8.40. The number of hydrogen-bond donors (Lipinski definition) is 1.